The van der Waals surface area contributed by atoms with E-state index in [-0.39, 0.29) is 55.1 Å². The highest BCUT2D eigenvalue weighted by Crippen LogP contribution is 2.52. The van der Waals surface area contributed by atoms with Gasteiger partial charge in [-0.05, 0) is 89.8 Å². The fourth-order valence-electron chi connectivity index (χ4n) is 9.32. The van der Waals surface area contributed by atoms with Gasteiger partial charge in [-0.2, -0.15) is 13.9 Å². The molecule has 1 aliphatic heterocycles. The number of amides is 3. The molecular weight excluding hydrogens is 1000 g/mol. The Morgan fingerprint density at radius 1 is 0.905 bits per heavy atom. The van der Waals surface area contributed by atoms with Crippen molar-refractivity contribution in [3.8, 4) is 34.2 Å². The summed E-state index contributed by atoms with van der Waals surface area (Å²) in [5, 5.41) is 6.11. The Labute approximate surface area is 420 Å². The van der Waals surface area contributed by atoms with Gasteiger partial charge in [-0.1, -0.05) is 44.9 Å². The molecule has 4 N–H and O–H groups in total. The van der Waals surface area contributed by atoms with Crippen molar-refractivity contribution in [2.45, 2.75) is 96.2 Å². The van der Waals surface area contributed by atoms with Gasteiger partial charge < -0.3 is 20.9 Å². The van der Waals surface area contributed by atoms with E-state index in [1.807, 2.05) is 37.8 Å². The van der Waals surface area contributed by atoms with Gasteiger partial charge in [0.15, 0.2) is 10.7 Å². The second-order valence-corrected chi connectivity index (χ2v) is 20.4. The molecule has 1 aliphatic carbocycles. The highest BCUT2D eigenvalue weighted by molar-refractivity contribution is 7.19. The SMILES string of the molecule is CC(C)(C)CC(=O)N1CCCC1c1ncc(-c2ccc(C#Cc3nc4nc([C@H](Cc5cc(F)cc(F)c5)NC(=O)Cn5nc(C(F)F)c6c5C(F)(F)CCC6(F)F)c(-c5ccc(F)c(C(N)=O)c5)cc4s3)cc2)[nH]1. The van der Waals surface area contributed by atoms with Crippen LogP contribution in [0.25, 0.3) is 32.7 Å². The molecule has 7 aromatic rings. The first kappa shape index (κ1) is 51.4. The zero-order chi connectivity index (χ0) is 53.0. The standard InChI is InChI=1S/C52H44F9N9O3S/c1-50(2,3)23-41(72)69-16-4-5-37(69)48-63-24-36(65-48)28-9-6-26(7-10-28)8-13-40-66-49-38(74-40)22-32(29-11-12-34(55)33(20-29)47(62)73)43(67-49)35(19-27-17-30(53)21-31(54)18-27)64-39(71)25-70-45-42(44(68-70)46(56)57)51(58,59)14-15-52(45,60)61/h6-7,9-12,17-18,20-22,24,35,37,46H,4-5,14-16,19,23,25H2,1-3H3,(H2,62,73)(H,63,65)(H,64,71)/t35-,37?/m0/s1. The number of aromatic amines is 1. The molecule has 3 amide bonds. The Bertz CT molecular complexity index is 3390. The number of likely N-dealkylation sites (tertiary alicyclic amines) is 1. The maximum atomic E-state index is 15.3. The molecule has 12 nitrogen and oxygen atoms in total. The number of nitrogens with zero attached hydrogens (tertiary/aromatic N) is 6. The Morgan fingerprint density at radius 3 is 2.30 bits per heavy atom. The summed E-state index contributed by atoms with van der Waals surface area (Å²) in [5.41, 5.74) is 2.05. The molecule has 384 valence electrons. The number of hydrogen-bond acceptors (Lipinski definition) is 8. The van der Waals surface area contributed by atoms with Gasteiger partial charge in [0.1, 0.15) is 41.2 Å². The summed E-state index contributed by atoms with van der Waals surface area (Å²) in [7, 11) is 0. The van der Waals surface area contributed by atoms with Crippen LogP contribution in [0.15, 0.2) is 72.9 Å². The van der Waals surface area contributed by atoms with Crippen molar-refractivity contribution >= 4 is 39.4 Å². The fourth-order valence-corrected chi connectivity index (χ4v) is 10.1. The number of aromatic nitrogens is 6. The van der Waals surface area contributed by atoms with Crippen LogP contribution in [-0.4, -0.2) is 58.9 Å². The summed E-state index contributed by atoms with van der Waals surface area (Å²) in [4.78, 5) is 58.6. The average molecular weight is 1050 g/mol. The van der Waals surface area contributed by atoms with Crippen LogP contribution in [0.5, 0.6) is 0 Å². The van der Waals surface area contributed by atoms with E-state index in [0.29, 0.717) is 35.1 Å². The van der Waals surface area contributed by atoms with Crippen LogP contribution in [0.2, 0.25) is 0 Å². The van der Waals surface area contributed by atoms with Crippen molar-refractivity contribution in [1.29, 1.82) is 0 Å². The number of alkyl halides is 6. The zero-order valence-corrected chi connectivity index (χ0v) is 40.4. The zero-order valence-electron chi connectivity index (χ0n) is 39.6. The van der Waals surface area contributed by atoms with Crippen LogP contribution >= 0.6 is 11.3 Å². The topological polar surface area (TPSA) is 165 Å². The van der Waals surface area contributed by atoms with E-state index in [1.54, 1.807) is 18.3 Å². The second kappa shape index (κ2) is 19.7. The number of rotatable bonds is 12. The van der Waals surface area contributed by atoms with Gasteiger partial charge >= 0.3 is 0 Å². The van der Waals surface area contributed by atoms with E-state index in [2.05, 4.69) is 37.2 Å². The van der Waals surface area contributed by atoms with Crippen molar-refractivity contribution in [2.24, 2.45) is 11.1 Å². The molecule has 3 aromatic carbocycles. The molecule has 9 rings (SSSR count). The van der Waals surface area contributed by atoms with Crippen molar-refractivity contribution in [1.82, 2.24) is 39.9 Å². The van der Waals surface area contributed by atoms with E-state index in [9.17, 15) is 36.3 Å². The number of pyridine rings is 1. The van der Waals surface area contributed by atoms with Gasteiger partial charge in [0.25, 0.3) is 24.2 Å². The molecule has 22 heteroatoms. The number of carbonyl (C=O) groups excluding carboxylic acids is 3. The highest BCUT2D eigenvalue weighted by atomic mass is 32.1. The molecule has 5 heterocycles. The van der Waals surface area contributed by atoms with Crippen LogP contribution in [0.4, 0.5) is 39.5 Å². The van der Waals surface area contributed by atoms with Crippen molar-refractivity contribution < 1.29 is 53.9 Å². The molecule has 2 atom stereocenters. The van der Waals surface area contributed by atoms with Gasteiger partial charge in [-0.15, -0.1) is 11.3 Å². The molecule has 74 heavy (non-hydrogen) atoms. The molecule has 0 spiro atoms. The van der Waals surface area contributed by atoms with Crippen LogP contribution in [-0.2, 0) is 34.4 Å². The van der Waals surface area contributed by atoms with Crippen molar-refractivity contribution in [2.75, 3.05) is 6.54 Å². The van der Waals surface area contributed by atoms with Crippen LogP contribution in [0.1, 0.15) is 126 Å². The minimum Gasteiger partial charge on any atom is -0.366 e. The Kier molecular flexibility index (Phi) is 13.7. The summed E-state index contributed by atoms with van der Waals surface area (Å²) >= 11 is 1.07. The summed E-state index contributed by atoms with van der Waals surface area (Å²) < 4.78 is 134. The number of nitrogens with two attached hydrogens (primary N) is 1. The fraction of sp³-hybridized carbons (Fsp3) is 0.327. The Hall–Kier alpha value is -7.54. The lowest BCUT2D eigenvalue weighted by molar-refractivity contribution is -0.134. The van der Waals surface area contributed by atoms with E-state index in [4.69, 9.17) is 10.7 Å². The van der Waals surface area contributed by atoms with Crippen molar-refractivity contribution in [3.05, 3.63) is 141 Å². The number of hydrogen-bond donors (Lipinski definition) is 3. The van der Waals surface area contributed by atoms with Gasteiger partial charge in [-0.25, -0.2) is 45.7 Å². The molecule has 1 saturated heterocycles. The molecule has 4 aromatic heterocycles. The molecule has 2 aliphatic rings. The molecule has 0 saturated carbocycles. The Balaban J connectivity index is 1.06. The molecule has 1 unspecified atom stereocenters. The highest BCUT2D eigenvalue weighted by Gasteiger charge is 2.55. The predicted octanol–water partition coefficient (Wildman–Crippen LogP) is 11.0. The number of primary amides is 1. The van der Waals surface area contributed by atoms with Crippen molar-refractivity contribution in [3.63, 3.8) is 0 Å². The maximum Gasteiger partial charge on any atom is 0.290 e. The largest absolute Gasteiger partial charge is 0.366 e. The lowest BCUT2D eigenvalue weighted by atomic mass is 9.89. The van der Waals surface area contributed by atoms with Gasteiger partial charge in [-0.3, -0.25) is 19.1 Å². The smallest absolute Gasteiger partial charge is 0.290 e. The number of H-pyrrole nitrogens is 1. The van der Waals surface area contributed by atoms with Gasteiger partial charge in [0.05, 0.1) is 45.5 Å². The average Bonchev–Trinajstić information content (AvgIpc) is 4.15. The minimum absolute atomic E-state index is 0.0240. The number of halogens is 9. The normalized spacial score (nSPS) is 16.5. The third-order valence-electron chi connectivity index (χ3n) is 12.6. The maximum absolute atomic E-state index is 15.3. The van der Waals surface area contributed by atoms with E-state index < -0.39 is 102 Å². The molecular formula is C52H44F9N9O3S. The number of fused-ring (bicyclic) bond motifs is 2. The number of benzene rings is 3. The first-order valence-electron chi connectivity index (χ1n) is 23.2. The number of imidazole rings is 1. The quantitative estimate of drug-likeness (QED) is 0.0809. The van der Waals surface area contributed by atoms with Crippen LogP contribution in [0, 0.1) is 34.7 Å². The summed E-state index contributed by atoms with van der Waals surface area (Å²) in [6.45, 7) is 5.43. The first-order valence-corrected chi connectivity index (χ1v) is 24.0. The van der Waals surface area contributed by atoms with Gasteiger partial charge in [0, 0.05) is 43.0 Å². The Morgan fingerprint density at radius 2 is 1.61 bits per heavy atom. The van der Waals surface area contributed by atoms with Crippen LogP contribution in [0.3, 0.4) is 0 Å². The number of carbonyl (C=O) groups is 3. The monoisotopic (exact) mass is 1050 g/mol. The minimum atomic E-state index is -4.13. The lowest BCUT2D eigenvalue weighted by Crippen LogP contribution is -2.37. The number of thiazole rings is 1. The number of nitrogens with one attached hydrogen (secondary N) is 2. The van der Waals surface area contributed by atoms with Gasteiger partial charge in [0.2, 0.25) is 11.8 Å². The molecule has 1 fully saturated rings. The second-order valence-electron chi connectivity index (χ2n) is 19.4. The van der Waals surface area contributed by atoms with E-state index in [1.165, 1.54) is 12.1 Å². The summed E-state index contributed by atoms with van der Waals surface area (Å²) in [5.74, 6) is -6.81. The van der Waals surface area contributed by atoms with E-state index in [0.717, 1.165) is 59.7 Å². The van der Waals surface area contributed by atoms with Crippen LogP contribution < -0.4 is 11.1 Å². The third-order valence-corrected chi connectivity index (χ3v) is 13.5. The van der Waals surface area contributed by atoms with E-state index >= 15 is 17.6 Å². The first-order chi connectivity index (χ1) is 34.9. The summed E-state index contributed by atoms with van der Waals surface area (Å²) in [6, 6.07) is 12.9. The molecule has 0 radical (unpaired) electrons. The summed E-state index contributed by atoms with van der Waals surface area (Å²) in [6.07, 6.45) is -3.31. The molecule has 0 bridgehead atoms. The lowest BCUT2D eigenvalue weighted by Gasteiger charge is -2.29. The predicted molar refractivity (Wildman–Crippen MR) is 254 cm³/mol. The third kappa shape index (κ3) is 10.7.